The Hall–Kier alpha value is -0.420. The SMILES string of the molecule is CC(C)(C)OC(=O)NC(O)CS. The van der Waals surface area contributed by atoms with Crippen LogP contribution >= 0.6 is 12.6 Å². The zero-order valence-electron chi connectivity index (χ0n) is 7.50. The number of carbonyl (C=O) groups excluding carboxylic acids is 1. The number of alkyl carbamates (subject to hydrolysis) is 1. The molecular weight excluding hydrogens is 178 g/mol. The van der Waals surface area contributed by atoms with E-state index >= 15 is 0 Å². The first-order valence-electron chi connectivity index (χ1n) is 3.63. The van der Waals surface area contributed by atoms with Gasteiger partial charge in [0.1, 0.15) is 11.8 Å². The fraction of sp³-hybridized carbons (Fsp3) is 0.857. The highest BCUT2D eigenvalue weighted by atomic mass is 32.1. The summed E-state index contributed by atoms with van der Waals surface area (Å²) in [4.78, 5) is 10.9. The number of thiol groups is 1. The van der Waals surface area contributed by atoms with Crippen molar-refractivity contribution in [1.29, 1.82) is 0 Å². The summed E-state index contributed by atoms with van der Waals surface area (Å²) in [7, 11) is 0. The molecule has 12 heavy (non-hydrogen) atoms. The summed E-state index contributed by atoms with van der Waals surface area (Å²) in [6, 6.07) is 0. The standard InChI is InChI=1S/C7H15NO3S/c1-7(2,3)11-6(10)8-5(9)4-12/h5,9,12H,4H2,1-3H3,(H,8,10). The maximum Gasteiger partial charge on any atom is 0.409 e. The molecule has 0 rings (SSSR count). The molecule has 1 amide bonds. The monoisotopic (exact) mass is 193 g/mol. The van der Waals surface area contributed by atoms with Crippen LogP contribution in [0.1, 0.15) is 20.8 Å². The van der Waals surface area contributed by atoms with E-state index in [2.05, 4.69) is 17.9 Å². The molecule has 0 spiro atoms. The van der Waals surface area contributed by atoms with Crippen LogP contribution in [0, 0.1) is 0 Å². The summed E-state index contributed by atoms with van der Waals surface area (Å²) in [5, 5.41) is 11.1. The number of nitrogens with one attached hydrogen (secondary N) is 1. The first-order chi connectivity index (χ1) is 5.35. The summed E-state index contributed by atoms with van der Waals surface area (Å²) >= 11 is 3.78. The van der Waals surface area contributed by atoms with Crippen molar-refractivity contribution in [3.63, 3.8) is 0 Å². The zero-order chi connectivity index (χ0) is 9.78. The van der Waals surface area contributed by atoms with Crippen molar-refractivity contribution in [3.05, 3.63) is 0 Å². The summed E-state index contributed by atoms with van der Waals surface area (Å²) in [5.41, 5.74) is -0.541. The van der Waals surface area contributed by atoms with E-state index in [0.717, 1.165) is 0 Å². The van der Waals surface area contributed by atoms with Crippen molar-refractivity contribution in [2.24, 2.45) is 0 Å². The van der Waals surface area contributed by atoms with E-state index < -0.39 is 17.9 Å². The Morgan fingerprint density at radius 3 is 2.50 bits per heavy atom. The maximum atomic E-state index is 10.9. The van der Waals surface area contributed by atoms with Crippen molar-refractivity contribution in [1.82, 2.24) is 5.32 Å². The van der Waals surface area contributed by atoms with Crippen LogP contribution in [0.4, 0.5) is 4.79 Å². The van der Waals surface area contributed by atoms with Crippen molar-refractivity contribution >= 4 is 18.7 Å². The molecule has 5 heteroatoms. The Kier molecular flexibility index (Phi) is 4.41. The second-order valence-corrected chi connectivity index (χ2v) is 3.71. The number of carbonyl (C=O) groups is 1. The predicted octanol–water partition coefficient (Wildman–Crippen LogP) is 0.759. The molecule has 72 valence electrons. The first kappa shape index (κ1) is 11.6. The molecule has 4 nitrogen and oxygen atoms in total. The highest BCUT2D eigenvalue weighted by Gasteiger charge is 2.17. The molecule has 0 radical (unpaired) electrons. The van der Waals surface area contributed by atoms with Gasteiger partial charge >= 0.3 is 6.09 Å². The second kappa shape index (κ2) is 4.57. The highest BCUT2D eigenvalue weighted by Crippen LogP contribution is 2.06. The molecule has 0 saturated carbocycles. The summed E-state index contributed by atoms with van der Waals surface area (Å²) in [6.07, 6.45) is -1.59. The van der Waals surface area contributed by atoms with Crippen molar-refractivity contribution in [2.45, 2.75) is 32.6 Å². The summed E-state index contributed by atoms with van der Waals surface area (Å²) in [6.45, 7) is 5.25. The van der Waals surface area contributed by atoms with Gasteiger partial charge in [0.05, 0.1) is 0 Å². The minimum atomic E-state index is -0.955. The Morgan fingerprint density at radius 1 is 1.67 bits per heavy atom. The van der Waals surface area contributed by atoms with Crippen LogP contribution in [0.2, 0.25) is 0 Å². The van der Waals surface area contributed by atoms with E-state index in [1.165, 1.54) is 0 Å². The minimum Gasteiger partial charge on any atom is -0.444 e. The fourth-order valence-corrected chi connectivity index (χ4v) is 0.581. The smallest absolute Gasteiger partial charge is 0.409 e. The van der Waals surface area contributed by atoms with Gasteiger partial charge in [-0.15, -0.1) is 0 Å². The van der Waals surface area contributed by atoms with Crippen LogP contribution in [0.5, 0.6) is 0 Å². The third-order valence-electron chi connectivity index (χ3n) is 0.856. The van der Waals surface area contributed by atoms with Crippen LogP contribution in [0.15, 0.2) is 0 Å². The van der Waals surface area contributed by atoms with Crippen LogP contribution in [0.25, 0.3) is 0 Å². The molecule has 0 heterocycles. The minimum absolute atomic E-state index is 0.166. The van der Waals surface area contributed by atoms with E-state index in [1.54, 1.807) is 20.8 Å². The van der Waals surface area contributed by atoms with Crippen molar-refractivity contribution in [2.75, 3.05) is 5.75 Å². The molecule has 0 aromatic carbocycles. The molecule has 0 aliphatic rings. The summed E-state index contributed by atoms with van der Waals surface area (Å²) < 4.78 is 4.87. The van der Waals surface area contributed by atoms with Gasteiger partial charge in [-0.2, -0.15) is 12.6 Å². The maximum absolute atomic E-state index is 10.9. The van der Waals surface area contributed by atoms with Crippen LogP contribution < -0.4 is 5.32 Å². The number of rotatable bonds is 2. The van der Waals surface area contributed by atoms with Gasteiger partial charge in [0.15, 0.2) is 0 Å². The van der Waals surface area contributed by atoms with E-state index in [-0.39, 0.29) is 5.75 Å². The lowest BCUT2D eigenvalue weighted by molar-refractivity contribution is 0.0392. The van der Waals surface area contributed by atoms with Gasteiger partial charge in [-0.05, 0) is 20.8 Å². The lowest BCUT2D eigenvalue weighted by atomic mass is 10.2. The Morgan fingerprint density at radius 2 is 2.17 bits per heavy atom. The molecule has 0 fully saturated rings. The third-order valence-corrected chi connectivity index (χ3v) is 1.20. The van der Waals surface area contributed by atoms with Gasteiger partial charge in [0.2, 0.25) is 0 Å². The highest BCUT2D eigenvalue weighted by molar-refractivity contribution is 7.80. The first-order valence-corrected chi connectivity index (χ1v) is 4.27. The van der Waals surface area contributed by atoms with Gasteiger partial charge in [-0.3, -0.25) is 5.32 Å². The predicted molar refractivity (Wildman–Crippen MR) is 49.2 cm³/mol. The van der Waals surface area contributed by atoms with E-state index in [0.29, 0.717) is 0 Å². The molecule has 0 aromatic heterocycles. The molecular formula is C7H15NO3S. The molecule has 0 aliphatic heterocycles. The van der Waals surface area contributed by atoms with Gasteiger partial charge in [0, 0.05) is 5.75 Å². The Bertz CT molecular complexity index is 155. The number of ether oxygens (including phenoxy) is 1. The van der Waals surface area contributed by atoms with Crippen molar-refractivity contribution < 1.29 is 14.6 Å². The lowest BCUT2D eigenvalue weighted by Crippen LogP contribution is -2.39. The fourth-order valence-electron chi connectivity index (χ4n) is 0.489. The van der Waals surface area contributed by atoms with E-state index in [4.69, 9.17) is 9.84 Å². The Labute approximate surface area is 77.7 Å². The molecule has 0 bridgehead atoms. The van der Waals surface area contributed by atoms with Gasteiger partial charge in [0.25, 0.3) is 0 Å². The molecule has 1 atom stereocenters. The quantitative estimate of drug-likeness (QED) is 0.448. The van der Waals surface area contributed by atoms with Gasteiger partial charge < -0.3 is 9.84 Å². The van der Waals surface area contributed by atoms with E-state index in [1.807, 2.05) is 0 Å². The zero-order valence-corrected chi connectivity index (χ0v) is 8.39. The Balaban J connectivity index is 3.75. The largest absolute Gasteiger partial charge is 0.444 e. The van der Waals surface area contributed by atoms with E-state index in [9.17, 15) is 4.79 Å². The second-order valence-electron chi connectivity index (χ2n) is 3.34. The topological polar surface area (TPSA) is 58.6 Å². The number of aliphatic hydroxyl groups excluding tert-OH is 1. The normalized spacial score (nSPS) is 13.8. The number of aliphatic hydroxyl groups is 1. The molecule has 0 aromatic rings. The van der Waals surface area contributed by atoms with Crippen LogP contribution in [-0.4, -0.2) is 28.8 Å². The van der Waals surface area contributed by atoms with Gasteiger partial charge in [-0.25, -0.2) is 4.79 Å². The molecule has 1 unspecified atom stereocenters. The number of hydrogen-bond donors (Lipinski definition) is 3. The number of hydrogen-bond acceptors (Lipinski definition) is 4. The number of amides is 1. The summed E-state index contributed by atoms with van der Waals surface area (Å²) in [5.74, 6) is 0.166. The molecule has 0 saturated heterocycles. The average molecular weight is 193 g/mol. The third kappa shape index (κ3) is 6.30. The average Bonchev–Trinajstić information content (AvgIpc) is 1.82. The van der Waals surface area contributed by atoms with Gasteiger partial charge in [-0.1, -0.05) is 0 Å². The van der Waals surface area contributed by atoms with Crippen LogP contribution in [-0.2, 0) is 4.74 Å². The van der Waals surface area contributed by atoms with Crippen LogP contribution in [0.3, 0.4) is 0 Å². The molecule has 2 N–H and O–H groups in total. The lowest BCUT2D eigenvalue weighted by Gasteiger charge is -2.20. The van der Waals surface area contributed by atoms with Crippen molar-refractivity contribution in [3.8, 4) is 0 Å². The molecule has 0 aliphatic carbocycles.